The van der Waals surface area contributed by atoms with Gasteiger partial charge in [-0.3, -0.25) is 14.4 Å². The molecule has 32 heavy (non-hydrogen) atoms. The highest BCUT2D eigenvalue weighted by molar-refractivity contribution is 7.12. The monoisotopic (exact) mass is 488 g/mol. The highest BCUT2D eigenvalue weighted by Gasteiger charge is 2.27. The van der Waals surface area contributed by atoms with Gasteiger partial charge in [-0.05, 0) is 35.9 Å². The number of primary amides is 1. The molecule has 1 saturated heterocycles. The van der Waals surface area contributed by atoms with E-state index < -0.39 is 5.91 Å². The summed E-state index contributed by atoms with van der Waals surface area (Å²) in [7, 11) is 0. The van der Waals surface area contributed by atoms with Gasteiger partial charge in [0.25, 0.3) is 11.8 Å². The number of thiophene rings is 1. The molecule has 1 aromatic carbocycles. The fourth-order valence-electron chi connectivity index (χ4n) is 3.66. The third-order valence-electron chi connectivity index (χ3n) is 5.39. The van der Waals surface area contributed by atoms with E-state index in [0.717, 1.165) is 23.4 Å². The van der Waals surface area contributed by atoms with Gasteiger partial charge >= 0.3 is 0 Å². The van der Waals surface area contributed by atoms with E-state index in [1.54, 1.807) is 22.9 Å². The van der Waals surface area contributed by atoms with Crippen LogP contribution in [0, 0.1) is 0 Å². The van der Waals surface area contributed by atoms with Crippen LogP contribution in [0.2, 0.25) is 5.02 Å². The van der Waals surface area contributed by atoms with Crippen molar-refractivity contribution in [2.75, 3.05) is 18.4 Å². The lowest BCUT2D eigenvalue weighted by molar-refractivity contribution is -0.131. The molecule has 0 aliphatic carbocycles. The first-order chi connectivity index (χ1) is 15.4. The van der Waals surface area contributed by atoms with Gasteiger partial charge in [-0.1, -0.05) is 29.8 Å². The summed E-state index contributed by atoms with van der Waals surface area (Å²) in [6.07, 6.45) is 1.88. The number of anilines is 1. The lowest BCUT2D eigenvalue weighted by Crippen LogP contribution is -2.38. The number of hydrogen-bond donors (Lipinski definition) is 2. The van der Waals surface area contributed by atoms with Crippen LogP contribution in [0.5, 0.6) is 0 Å². The Kier molecular flexibility index (Phi) is 6.88. The molecule has 1 fully saturated rings. The molecule has 0 radical (unpaired) electrons. The minimum absolute atomic E-state index is 0.0665. The smallest absolute Gasteiger partial charge is 0.275 e. The second kappa shape index (κ2) is 9.81. The van der Waals surface area contributed by atoms with Crippen LogP contribution in [-0.4, -0.2) is 40.7 Å². The number of benzene rings is 1. The number of likely N-dealkylation sites (tertiary alicyclic amines) is 1. The maximum absolute atomic E-state index is 12.7. The van der Waals surface area contributed by atoms with Gasteiger partial charge in [0, 0.05) is 29.4 Å². The van der Waals surface area contributed by atoms with Gasteiger partial charge in [-0.25, -0.2) is 4.98 Å². The van der Waals surface area contributed by atoms with Crippen LogP contribution in [0.25, 0.3) is 0 Å². The number of carbonyl (C=O) groups is 3. The first kappa shape index (κ1) is 22.4. The number of piperidine rings is 1. The van der Waals surface area contributed by atoms with Gasteiger partial charge < -0.3 is 16.0 Å². The lowest BCUT2D eigenvalue weighted by Gasteiger charge is -2.31. The molecule has 2 aromatic heterocycles. The van der Waals surface area contributed by atoms with Crippen LogP contribution in [0.4, 0.5) is 5.69 Å². The molecular formula is C22H21ClN4O3S2. The van der Waals surface area contributed by atoms with E-state index in [9.17, 15) is 14.4 Å². The topological polar surface area (TPSA) is 105 Å². The molecule has 166 valence electrons. The zero-order valence-corrected chi connectivity index (χ0v) is 19.4. The van der Waals surface area contributed by atoms with Crippen molar-refractivity contribution in [2.45, 2.75) is 25.2 Å². The van der Waals surface area contributed by atoms with E-state index in [-0.39, 0.29) is 17.7 Å². The molecule has 1 aliphatic heterocycles. The summed E-state index contributed by atoms with van der Waals surface area (Å²) in [5, 5.41) is 7.61. The number of nitrogens with one attached hydrogen (secondary N) is 1. The summed E-state index contributed by atoms with van der Waals surface area (Å²) >= 11 is 8.79. The lowest BCUT2D eigenvalue weighted by atomic mass is 9.97. The number of carbonyl (C=O) groups excluding carboxylic acids is 3. The molecule has 0 spiro atoms. The van der Waals surface area contributed by atoms with Crippen LogP contribution in [-0.2, 0) is 11.2 Å². The maximum Gasteiger partial charge on any atom is 0.275 e. The van der Waals surface area contributed by atoms with Crippen LogP contribution < -0.4 is 11.1 Å². The number of hydrogen-bond acceptors (Lipinski definition) is 6. The SMILES string of the molecule is NC(=O)c1sccc1NC(=O)c1csc(C2CCN(C(=O)Cc3ccccc3Cl)CC2)n1. The molecule has 3 amide bonds. The van der Waals surface area contributed by atoms with Gasteiger partial charge in [0.1, 0.15) is 10.6 Å². The molecular weight excluding hydrogens is 468 g/mol. The average Bonchev–Trinajstić information content (AvgIpc) is 3.45. The maximum atomic E-state index is 12.7. The predicted molar refractivity (Wildman–Crippen MR) is 127 cm³/mol. The van der Waals surface area contributed by atoms with E-state index in [1.807, 2.05) is 23.1 Å². The molecule has 3 N–H and O–H groups in total. The van der Waals surface area contributed by atoms with Gasteiger partial charge in [0.2, 0.25) is 5.91 Å². The Morgan fingerprint density at radius 2 is 1.91 bits per heavy atom. The Hall–Kier alpha value is -2.75. The fraction of sp³-hybridized carbons (Fsp3) is 0.273. The molecule has 0 saturated carbocycles. The van der Waals surface area contributed by atoms with Crippen molar-refractivity contribution in [1.82, 2.24) is 9.88 Å². The van der Waals surface area contributed by atoms with E-state index in [0.29, 0.717) is 40.8 Å². The number of thiazole rings is 1. The molecule has 7 nitrogen and oxygen atoms in total. The summed E-state index contributed by atoms with van der Waals surface area (Å²) in [4.78, 5) is 43.3. The number of amides is 3. The van der Waals surface area contributed by atoms with Crippen LogP contribution >= 0.6 is 34.3 Å². The Labute approximate surface area is 198 Å². The Morgan fingerprint density at radius 3 is 2.62 bits per heavy atom. The molecule has 1 aliphatic rings. The van der Waals surface area contributed by atoms with Crippen molar-refractivity contribution in [3.8, 4) is 0 Å². The summed E-state index contributed by atoms with van der Waals surface area (Å²) < 4.78 is 0. The van der Waals surface area contributed by atoms with Crippen molar-refractivity contribution < 1.29 is 14.4 Å². The third kappa shape index (κ3) is 5.01. The molecule has 10 heteroatoms. The zero-order valence-electron chi connectivity index (χ0n) is 17.0. The van der Waals surface area contributed by atoms with Crippen molar-refractivity contribution in [2.24, 2.45) is 5.73 Å². The number of nitrogens with zero attached hydrogens (tertiary/aromatic N) is 2. The number of halogens is 1. The van der Waals surface area contributed by atoms with Crippen molar-refractivity contribution in [1.29, 1.82) is 0 Å². The average molecular weight is 489 g/mol. The Bertz CT molecular complexity index is 1150. The van der Waals surface area contributed by atoms with E-state index in [2.05, 4.69) is 10.3 Å². The molecule has 0 unspecified atom stereocenters. The van der Waals surface area contributed by atoms with Crippen LogP contribution in [0.3, 0.4) is 0 Å². The fourth-order valence-corrected chi connectivity index (χ4v) is 5.53. The highest BCUT2D eigenvalue weighted by Crippen LogP contribution is 2.31. The number of rotatable bonds is 6. The molecule has 3 heterocycles. The van der Waals surface area contributed by atoms with E-state index in [1.165, 1.54) is 22.7 Å². The first-order valence-corrected chi connectivity index (χ1v) is 12.2. The minimum Gasteiger partial charge on any atom is -0.365 e. The quantitative estimate of drug-likeness (QED) is 0.543. The number of aromatic nitrogens is 1. The molecule has 0 bridgehead atoms. The molecule has 0 atom stereocenters. The molecule has 4 rings (SSSR count). The predicted octanol–water partition coefficient (Wildman–Crippen LogP) is 4.16. The summed E-state index contributed by atoms with van der Waals surface area (Å²) in [6, 6.07) is 9.04. The summed E-state index contributed by atoms with van der Waals surface area (Å²) in [5.41, 5.74) is 6.87. The van der Waals surface area contributed by atoms with Gasteiger partial charge in [0.05, 0.1) is 17.1 Å². The Morgan fingerprint density at radius 1 is 1.16 bits per heavy atom. The van der Waals surface area contributed by atoms with Crippen LogP contribution in [0.15, 0.2) is 41.1 Å². The summed E-state index contributed by atoms with van der Waals surface area (Å²) in [5.74, 6) is -0.684. The van der Waals surface area contributed by atoms with Gasteiger partial charge in [-0.15, -0.1) is 22.7 Å². The second-order valence-corrected chi connectivity index (χ2v) is 9.69. The third-order valence-corrected chi connectivity index (χ3v) is 7.69. The minimum atomic E-state index is -0.579. The normalized spacial score (nSPS) is 14.3. The second-order valence-electron chi connectivity index (χ2n) is 7.48. The first-order valence-electron chi connectivity index (χ1n) is 10.1. The van der Waals surface area contributed by atoms with Crippen molar-refractivity contribution in [3.63, 3.8) is 0 Å². The molecule has 3 aromatic rings. The van der Waals surface area contributed by atoms with Gasteiger partial charge in [-0.2, -0.15) is 0 Å². The largest absolute Gasteiger partial charge is 0.365 e. The summed E-state index contributed by atoms with van der Waals surface area (Å²) in [6.45, 7) is 1.29. The van der Waals surface area contributed by atoms with Crippen molar-refractivity contribution >= 4 is 57.7 Å². The zero-order chi connectivity index (χ0) is 22.7. The van der Waals surface area contributed by atoms with Gasteiger partial charge in [0.15, 0.2) is 0 Å². The van der Waals surface area contributed by atoms with Crippen LogP contribution in [0.1, 0.15) is 49.5 Å². The highest BCUT2D eigenvalue weighted by atomic mass is 35.5. The Balaban J connectivity index is 1.33. The van der Waals surface area contributed by atoms with Crippen molar-refractivity contribution in [3.05, 3.63) is 67.3 Å². The number of nitrogens with two attached hydrogens (primary N) is 1. The van der Waals surface area contributed by atoms with E-state index >= 15 is 0 Å². The van der Waals surface area contributed by atoms with E-state index in [4.69, 9.17) is 17.3 Å². The standard InChI is InChI=1S/C22H21ClN4O3S2/c23-15-4-2-1-3-14(15)11-18(28)27-8-5-13(6-9-27)22-26-17(12-32-22)21(30)25-16-7-10-31-19(16)20(24)29/h1-4,7,10,12-13H,5-6,8-9,11H2,(H2,24,29)(H,25,30).